The van der Waals surface area contributed by atoms with Crippen molar-refractivity contribution in [3.8, 4) is 0 Å². The summed E-state index contributed by atoms with van der Waals surface area (Å²) in [4.78, 5) is 10.6. The maximum absolute atomic E-state index is 11.4. The van der Waals surface area contributed by atoms with Crippen molar-refractivity contribution in [2.75, 3.05) is 16.8 Å². The van der Waals surface area contributed by atoms with Gasteiger partial charge in [0, 0.05) is 12.1 Å². The Kier molecular flexibility index (Phi) is 3.75. The second kappa shape index (κ2) is 5.16. The number of nitro groups is 1. The van der Waals surface area contributed by atoms with E-state index in [2.05, 4.69) is 5.32 Å². The highest BCUT2D eigenvalue weighted by Gasteiger charge is 2.25. The lowest BCUT2D eigenvalue weighted by Crippen LogP contribution is -2.32. The van der Waals surface area contributed by atoms with Crippen molar-refractivity contribution >= 4 is 21.2 Å². The molecule has 2 rings (SSSR count). The van der Waals surface area contributed by atoms with Gasteiger partial charge in [-0.3, -0.25) is 10.1 Å². The van der Waals surface area contributed by atoms with E-state index in [4.69, 9.17) is 0 Å². The molecule has 0 spiro atoms. The average molecular weight is 284 g/mol. The minimum absolute atomic E-state index is 0.0247. The van der Waals surface area contributed by atoms with Crippen molar-refractivity contribution in [3.05, 3.63) is 33.9 Å². The first-order chi connectivity index (χ1) is 8.89. The van der Waals surface area contributed by atoms with Crippen LogP contribution in [-0.2, 0) is 9.84 Å². The van der Waals surface area contributed by atoms with E-state index in [1.165, 1.54) is 6.07 Å². The Bertz CT molecular complexity index is 584. The quantitative estimate of drug-likeness (QED) is 0.676. The molecule has 0 amide bonds. The number of benzene rings is 1. The van der Waals surface area contributed by atoms with Crippen LogP contribution in [0.25, 0.3) is 0 Å². The Morgan fingerprint density at radius 1 is 1.32 bits per heavy atom. The van der Waals surface area contributed by atoms with E-state index in [-0.39, 0.29) is 23.2 Å². The summed E-state index contributed by atoms with van der Waals surface area (Å²) < 4.78 is 22.7. The number of aryl methyl sites for hydroxylation is 1. The monoisotopic (exact) mass is 284 g/mol. The van der Waals surface area contributed by atoms with Gasteiger partial charge in [0.2, 0.25) is 0 Å². The van der Waals surface area contributed by atoms with Crippen LogP contribution in [0, 0.1) is 17.0 Å². The Hall–Kier alpha value is -1.63. The third-order valence-electron chi connectivity index (χ3n) is 3.35. The zero-order valence-corrected chi connectivity index (χ0v) is 11.4. The van der Waals surface area contributed by atoms with Gasteiger partial charge in [-0.25, -0.2) is 8.42 Å². The van der Waals surface area contributed by atoms with E-state index >= 15 is 0 Å². The molecule has 0 atom stereocenters. The first kappa shape index (κ1) is 13.8. The summed E-state index contributed by atoms with van der Waals surface area (Å²) in [5, 5.41) is 14.1. The first-order valence-electron chi connectivity index (χ1n) is 6.10. The number of sulfone groups is 1. The molecule has 6 nitrogen and oxygen atoms in total. The number of nitro benzene ring substituents is 1. The van der Waals surface area contributed by atoms with Crippen LogP contribution in [0.2, 0.25) is 0 Å². The van der Waals surface area contributed by atoms with Gasteiger partial charge < -0.3 is 5.32 Å². The minimum Gasteiger partial charge on any atom is -0.376 e. The van der Waals surface area contributed by atoms with Gasteiger partial charge in [-0.2, -0.15) is 0 Å². The Morgan fingerprint density at radius 3 is 2.53 bits per heavy atom. The zero-order chi connectivity index (χ0) is 14.0. The van der Waals surface area contributed by atoms with Crippen LogP contribution in [0.1, 0.15) is 18.4 Å². The number of nitrogens with zero attached hydrogens (tertiary/aromatic N) is 1. The Morgan fingerprint density at radius 2 is 1.95 bits per heavy atom. The van der Waals surface area contributed by atoms with Crippen LogP contribution in [-0.4, -0.2) is 30.9 Å². The van der Waals surface area contributed by atoms with E-state index in [9.17, 15) is 18.5 Å². The molecule has 0 saturated carbocycles. The van der Waals surface area contributed by atoms with Crippen molar-refractivity contribution < 1.29 is 13.3 Å². The molecular formula is C12H16N2O4S. The van der Waals surface area contributed by atoms with Crippen LogP contribution in [0.4, 0.5) is 11.4 Å². The molecule has 1 N–H and O–H groups in total. The van der Waals surface area contributed by atoms with Gasteiger partial charge in [0.25, 0.3) is 5.69 Å². The van der Waals surface area contributed by atoms with Crippen LogP contribution in [0.15, 0.2) is 18.2 Å². The fourth-order valence-corrected chi connectivity index (χ4v) is 3.72. The topological polar surface area (TPSA) is 89.3 Å². The Labute approximate surface area is 111 Å². The van der Waals surface area contributed by atoms with Gasteiger partial charge >= 0.3 is 0 Å². The van der Waals surface area contributed by atoms with Crippen LogP contribution in [0.3, 0.4) is 0 Å². The summed E-state index contributed by atoms with van der Waals surface area (Å²) in [5.41, 5.74) is 1.33. The third-order valence-corrected chi connectivity index (χ3v) is 5.07. The number of para-hydroxylation sites is 1. The van der Waals surface area contributed by atoms with E-state index < -0.39 is 14.8 Å². The summed E-state index contributed by atoms with van der Waals surface area (Å²) in [6.07, 6.45) is 0.988. The van der Waals surface area contributed by atoms with Crippen LogP contribution >= 0.6 is 0 Å². The zero-order valence-electron chi connectivity index (χ0n) is 10.6. The van der Waals surface area contributed by atoms with E-state index in [0.29, 0.717) is 18.5 Å². The Balaban J connectivity index is 2.18. The molecule has 1 aromatic carbocycles. The SMILES string of the molecule is Cc1cccc([N+](=O)[O-])c1NC1CCS(=O)(=O)CC1. The highest BCUT2D eigenvalue weighted by molar-refractivity contribution is 7.91. The molecule has 19 heavy (non-hydrogen) atoms. The summed E-state index contributed by atoms with van der Waals surface area (Å²) in [6.45, 7) is 1.80. The summed E-state index contributed by atoms with van der Waals surface area (Å²) in [7, 11) is -2.92. The number of anilines is 1. The van der Waals surface area contributed by atoms with Gasteiger partial charge in [0.1, 0.15) is 15.5 Å². The largest absolute Gasteiger partial charge is 0.376 e. The molecule has 7 heteroatoms. The van der Waals surface area contributed by atoms with Crippen molar-refractivity contribution in [2.24, 2.45) is 0 Å². The second-order valence-electron chi connectivity index (χ2n) is 4.80. The number of nitrogens with one attached hydrogen (secondary N) is 1. The molecular weight excluding hydrogens is 268 g/mol. The normalized spacial score (nSPS) is 19.0. The summed E-state index contributed by atoms with van der Waals surface area (Å²) in [5.74, 6) is 0.286. The number of hydrogen-bond acceptors (Lipinski definition) is 5. The highest BCUT2D eigenvalue weighted by atomic mass is 32.2. The number of hydrogen-bond donors (Lipinski definition) is 1. The smallest absolute Gasteiger partial charge is 0.292 e. The predicted octanol–water partition coefficient (Wildman–Crippen LogP) is 1.89. The van der Waals surface area contributed by atoms with Crippen molar-refractivity contribution in [1.82, 2.24) is 0 Å². The van der Waals surface area contributed by atoms with Crippen molar-refractivity contribution in [2.45, 2.75) is 25.8 Å². The molecule has 1 fully saturated rings. The van der Waals surface area contributed by atoms with Gasteiger partial charge in [-0.05, 0) is 25.3 Å². The van der Waals surface area contributed by atoms with Crippen molar-refractivity contribution in [1.29, 1.82) is 0 Å². The molecule has 0 aromatic heterocycles. The van der Waals surface area contributed by atoms with Gasteiger partial charge in [0.15, 0.2) is 0 Å². The molecule has 0 aliphatic carbocycles. The predicted molar refractivity (Wildman–Crippen MR) is 73.1 cm³/mol. The maximum atomic E-state index is 11.4. The lowest BCUT2D eigenvalue weighted by atomic mass is 10.1. The molecule has 0 unspecified atom stereocenters. The first-order valence-corrected chi connectivity index (χ1v) is 7.92. The van der Waals surface area contributed by atoms with Gasteiger partial charge in [-0.15, -0.1) is 0 Å². The summed E-state index contributed by atoms with van der Waals surface area (Å²) >= 11 is 0. The molecule has 1 aliphatic heterocycles. The minimum atomic E-state index is -2.92. The van der Waals surface area contributed by atoms with Gasteiger partial charge in [0.05, 0.1) is 16.4 Å². The maximum Gasteiger partial charge on any atom is 0.292 e. The molecule has 1 aliphatic rings. The van der Waals surface area contributed by atoms with E-state index in [1.54, 1.807) is 19.1 Å². The standard InChI is InChI=1S/C12H16N2O4S/c1-9-3-2-4-11(14(15)16)12(9)13-10-5-7-19(17,18)8-6-10/h2-4,10,13H,5-8H2,1H3. The lowest BCUT2D eigenvalue weighted by Gasteiger charge is -2.24. The second-order valence-corrected chi connectivity index (χ2v) is 7.10. The van der Waals surface area contributed by atoms with Crippen LogP contribution < -0.4 is 5.32 Å². The molecule has 0 bridgehead atoms. The number of rotatable bonds is 3. The average Bonchev–Trinajstić information content (AvgIpc) is 2.33. The summed E-state index contributed by atoms with van der Waals surface area (Å²) in [6, 6.07) is 4.87. The molecule has 1 saturated heterocycles. The molecule has 1 aromatic rings. The van der Waals surface area contributed by atoms with Gasteiger partial charge in [-0.1, -0.05) is 12.1 Å². The van der Waals surface area contributed by atoms with Crippen molar-refractivity contribution in [3.63, 3.8) is 0 Å². The van der Waals surface area contributed by atoms with E-state index in [1.807, 2.05) is 0 Å². The molecule has 104 valence electrons. The van der Waals surface area contributed by atoms with E-state index in [0.717, 1.165) is 5.56 Å². The molecule has 0 radical (unpaired) electrons. The molecule has 1 heterocycles. The lowest BCUT2D eigenvalue weighted by molar-refractivity contribution is -0.384. The van der Waals surface area contributed by atoms with Crippen LogP contribution in [0.5, 0.6) is 0 Å². The fourth-order valence-electron chi connectivity index (χ4n) is 2.23. The fraction of sp³-hybridized carbons (Fsp3) is 0.500. The highest BCUT2D eigenvalue weighted by Crippen LogP contribution is 2.30. The third kappa shape index (κ3) is 3.23.